The van der Waals surface area contributed by atoms with E-state index in [2.05, 4.69) is 15.6 Å². The van der Waals surface area contributed by atoms with E-state index in [0.29, 0.717) is 37.5 Å². The Labute approximate surface area is 135 Å². The predicted molar refractivity (Wildman–Crippen MR) is 86.2 cm³/mol. The molecule has 0 radical (unpaired) electrons. The van der Waals surface area contributed by atoms with Gasteiger partial charge in [0.1, 0.15) is 11.6 Å². The second-order valence-electron chi connectivity index (χ2n) is 5.53. The number of rotatable bonds is 5. The van der Waals surface area contributed by atoms with Crippen molar-refractivity contribution in [3.05, 3.63) is 35.4 Å². The zero-order valence-corrected chi connectivity index (χ0v) is 13.8. The molecule has 2 rings (SSSR count). The van der Waals surface area contributed by atoms with E-state index < -0.39 is 21.5 Å². The number of hydrogen-bond acceptors (Lipinski definition) is 3. The van der Waals surface area contributed by atoms with E-state index in [0.717, 1.165) is 6.07 Å². The maximum atomic E-state index is 13.1. The van der Waals surface area contributed by atoms with Crippen LogP contribution in [0.3, 0.4) is 0 Å². The Morgan fingerprint density at radius 1 is 1.30 bits per heavy atom. The van der Waals surface area contributed by atoms with Gasteiger partial charge in [-0.25, -0.2) is 17.2 Å². The molecule has 0 amide bonds. The average molecular weight is 345 g/mol. The number of hydrogen-bond donors (Lipinski definition) is 2. The summed E-state index contributed by atoms with van der Waals surface area (Å²) in [6.45, 7) is 2.89. The lowest BCUT2D eigenvalue weighted by atomic mass is 10.1. The van der Waals surface area contributed by atoms with Crippen LogP contribution in [0.4, 0.5) is 8.78 Å². The van der Waals surface area contributed by atoms with Crippen molar-refractivity contribution < 1.29 is 17.2 Å². The van der Waals surface area contributed by atoms with Crippen LogP contribution in [0.5, 0.6) is 0 Å². The van der Waals surface area contributed by atoms with Gasteiger partial charge in [0.05, 0.1) is 11.5 Å². The molecular weight excluding hydrogens is 324 g/mol. The van der Waals surface area contributed by atoms with Crippen LogP contribution in [-0.4, -0.2) is 45.0 Å². The van der Waals surface area contributed by atoms with Gasteiger partial charge in [0, 0.05) is 25.2 Å². The Morgan fingerprint density at radius 2 is 2.00 bits per heavy atom. The van der Waals surface area contributed by atoms with E-state index in [1.807, 2.05) is 6.92 Å². The molecule has 23 heavy (non-hydrogen) atoms. The highest BCUT2D eigenvalue weighted by Crippen LogP contribution is 2.11. The summed E-state index contributed by atoms with van der Waals surface area (Å²) in [5.74, 6) is -0.402. The van der Waals surface area contributed by atoms with Gasteiger partial charge >= 0.3 is 0 Å². The molecule has 0 saturated carbocycles. The number of guanidine groups is 1. The molecule has 0 spiro atoms. The van der Waals surface area contributed by atoms with Crippen molar-refractivity contribution in [2.24, 2.45) is 4.99 Å². The normalized spacial score (nSPS) is 20.5. The Morgan fingerprint density at radius 3 is 2.57 bits per heavy atom. The molecule has 1 aliphatic heterocycles. The summed E-state index contributed by atoms with van der Waals surface area (Å²) in [6.07, 6.45) is 0.954. The average Bonchev–Trinajstić information content (AvgIpc) is 2.77. The van der Waals surface area contributed by atoms with Crippen molar-refractivity contribution in [2.45, 2.75) is 25.8 Å². The largest absolute Gasteiger partial charge is 0.357 e. The smallest absolute Gasteiger partial charge is 0.191 e. The maximum absolute atomic E-state index is 13.1. The number of aliphatic imine (C=N–C) groups is 1. The molecule has 1 fully saturated rings. The molecule has 1 heterocycles. The molecule has 1 aliphatic rings. The standard InChI is InChI=1S/C15H21F2N3O2S/c1-2-18-15(20-14-4-6-23(21,22)10-14)19-5-3-11-7-12(16)9-13(17)8-11/h7-9,14H,2-6,10H2,1H3,(H2,18,19,20). The first-order valence-corrected chi connectivity index (χ1v) is 9.40. The van der Waals surface area contributed by atoms with E-state index >= 15 is 0 Å². The summed E-state index contributed by atoms with van der Waals surface area (Å²) in [6, 6.07) is 3.24. The third kappa shape index (κ3) is 5.78. The van der Waals surface area contributed by atoms with Gasteiger partial charge in [0.15, 0.2) is 15.8 Å². The molecule has 128 valence electrons. The van der Waals surface area contributed by atoms with Crippen LogP contribution in [0, 0.1) is 11.6 Å². The number of sulfone groups is 1. The van der Waals surface area contributed by atoms with Crippen LogP contribution in [0.2, 0.25) is 0 Å². The van der Waals surface area contributed by atoms with Gasteiger partial charge in [0.25, 0.3) is 0 Å². The van der Waals surface area contributed by atoms with Gasteiger partial charge in [-0.15, -0.1) is 0 Å². The summed E-state index contributed by atoms with van der Waals surface area (Å²) < 4.78 is 49.2. The topological polar surface area (TPSA) is 70.6 Å². The monoisotopic (exact) mass is 345 g/mol. The third-order valence-electron chi connectivity index (χ3n) is 3.51. The number of nitrogens with one attached hydrogen (secondary N) is 2. The fraction of sp³-hybridized carbons (Fsp3) is 0.533. The Kier molecular flexibility index (Phi) is 5.92. The van der Waals surface area contributed by atoms with Gasteiger partial charge in [0.2, 0.25) is 0 Å². The number of halogens is 2. The first-order valence-electron chi connectivity index (χ1n) is 7.58. The molecule has 1 atom stereocenters. The first kappa shape index (κ1) is 17.7. The molecule has 1 aromatic rings. The van der Waals surface area contributed by atoms with Crippen LogP contribution < -0.4 is 10.6 Å². The van der Waals surface area contributed by atoms with Crippen LogP contribution >= 0.6 is 0 Å². The highest BCUT2D eigenvalue weighted by molar-refractivity contribution is 7.91. The Bertz CT molecular complexity index is 657. The summed E-state index contributed by atoms with van der Waals surface area (Å²) in [4.78, 5) is 4.33. The third-order valence-corrected chi connectivity index (χ3v) is 5.28. The van der Waals surface area contributed by atoms with E-state index in [9.17, 15) is 17.2 Å². The second kappa shape index (κ2) is 7.72. The minimum Gasteiger partial charge on any atom is -0.357 e. The van der Waals surface area contributed by atoms with Crippen molar-refractivity contribution in [2.75, 3.05) is 24.6 Å². The number of benzene rings is 1. The predicted octanol–water partition coefficient (Wildman–Crippen LogP) is 1.25. The second-order valence-corrected chi connectivity index (χ2v) is 7.76. The van der Waals surface area contributed by atoms with Gasteiger partial charge in [-0.1, -0.05) is 0 Å². The maximum Gasteiger partial charge on any atom is 0.191 e. The minimum absolute atomic E-state index is 0.104. The minimum atomic E-state index is -2.96. The molecule has 1 unspecified atom stereocenters. The van der Waals surface area contributed by atoms with Gasteiger partial charge in [-0.3, -0.25) is 4.99 Å². The lowest BCUT2D eigenvalue weighted by molar-refractivity contribution is 0.579. The van der Waals surface area contributed by atoms with Crippen molar-refractivity contribution in [1.82, 2.24) is 10.6 Å². The van der Waals surface area contributed by atoms with Crippen molar-refractivity contribution in [3.8, 4) is 0 Å². The molecule has 2 N–H and O–H groups in total. The first-order chi connectivity index (χ1) is 10.9. The summed E-state index contributed by atoms with van der Waals surface area (Å²) in [5, 5.41) is 6.13. The lowest BCUT2D eigenvalue weighted by Crippen LogP contribution is -2.44. The van der Waals surface area contributed by atoms with Gasteiger partial charge in [-0.05, 0) is 37.5 Å². The fourth-order valence-electron chi connectivity index (χ4n) is 2.47. The summed E-state index contributed by atoms with van der Waals surface area (Å²) >= 11 is 0. The van der Waals surface area contributed by atoms with E-state index in [1.165, 1.54) is 12.1 Å². The lowest BCUT2D eigenvalue weighted by Gasteiger charge is -2.15. The van der Waals surface area contributed by atoms with E-state index in [-0.39, 0.29) is 17.5 Å². The fourth-order valence-corrected chi connectivity index (χ4v) is 4.15. The molecule has 0 aliphatic carbocycles. The quantitative estimate of drug-likeness (QED) is 0.622. The SMILES string of the molecule is CCNC(=NCCc1cc(F)cc(F)c1)NC1CCS(=O)(=O)C1. The van der Waals surface area contributed by atoms with Crippen molar-refractivity contribution in [3.63, 3.8) is 0 Å². The van der Waals surface area contributed by atoms with Crippen LogP contribution in [0.25, 0.3) is 0 Å². The zero-order valence-electron chi connectivity index (χ0n) is 13.0. The van der Waals surface area contributed by atoms with Gasteiger partial charge in [-0.2, -0.15) is 0 Å². The zero-order chi connectivity index (χ0) is 16.9. The Balaban J connectivity index is 1.93. The van der Waals surface area contributed by atoms with E-state index in [4.69, 9.17) is 0 Å². The summed E-state index contributed by atoms with van der Waals surface area (Å²) in [7, 11) is -2.96. The van der Waals surface area contributed by atoms with Crippen molar-refractivity contribution in [1.29, 1.82) is 0 Å². The number of nitrogens with zero attached hydrogens (tertiary/aromatic N) is 1. The van der Waals surface area contributed by atoms with Crippen LogP contribution in [0.15, 0.2) is 23.2 Å². The highest BCUT2D eigenvalue weighted by atomic mass is 32.2. The molecule has 1 aromatic carbocycles. The van der Waals surface area contributed by atoms with Crippen LogP contribution in [0.1, 0.15) is 18.9 Å². The molecule has 5 nitrogen and oxygen atoms in total. The van der Waals surface area contributed by atoms with E-state index in [1.54, 1.807) is 0 Å². The van der Waals surface area contributed by atoms with Crippen molar-refractivity contribution >= 4 is 15.8 Å². The highest BCUT2D eigenvalue weighted by Gasteiger charge is 2.28. The summed E-state index contributed by atoms with van der Waals surface area (Å²) in [5.41, 5.74) is 0.533. The molecule has 1 saturated heterocycles. The van der Waals surface area contributed by atoms with Gasteiger partial charge < -0.3 is 10.6 Å². The molecule has 0 bridgehead atoms. The Hall–Kier alpha value is -1.70. The molecule has 0 aromatic heterocycles. The van der Waals surface area contributed by atoms with Crippen LogP contribution in [-0.2, 0) is 16.3 Å². The molecular formula is C15H21F2N3O2S. The molecule has 8 heteroatoms.